The van der Waals surface area contributed by atoms with Gasteiger partial charge in [0.2, 0.25) is 5.91 Å². The van der Waals surface area contributed by atoms with Crippen molar-refractivity contribution >= 4 is 11.8 Å². The first-order valence-electron chi connectivity index (χ1n) is 8.59. The molecule has 1 unspecified atom stereocenters. The highest BCUT2D eigenvalue weighted by Crippen LogP contribution is 2.14. The van der Waals surface area contributed by atoms with Gasteiger partial charge in [-0.1, -0.05) is 19.1 Å². The normalized spacial score (nSPS) is 15.9. The minimum Gasteiger partial charge on any atom is -0.484 e. The van der Waals surface area contributed by atoms with Gasteiger partial charge in [0.1, 0.15) is 5.75 Å². The summed E-state index contributed by atoms with van der Waals surface area (Å²) in [6.07, 6.45) is 3.73. The number of carbonyl (C=O) groups is 2. The van der Waals surface area contributed by atoms with Gasteiger partial charge in [-0.25, -0.2) is 0 Å². The van der Waals surface area contributed by atoms with E-state index < -0.39 is 0 Å². The molecule has 1 fully saturated rings. The molecule has 1 heterocycles. The Morgan fingerprint density at radius 2 is 1.92 bits per heavy atom. The molecule has 0 saturated carbocycles. The number of ether oxygens (including phenoxy) is 1. The molecule has 3 N–H and O–H groups in total. The van der Waals surface area contributed by atoms with Gasteiger partial charge in [0.25, 0.3) is 5.91 Å². The molecule has 0 bridgehead atoms. The maximum Gasteiger partial charge on any atom is 0.257 e. The minimum absolute atomic E-state index is 0.00833. The van der Waals surface area contributed by atoms with Crippen LogP contribution >= 0.6 is 0 Å². The molecule has 1 saturated heterocycles. The highest BCUT2D eigenvalue weighted by Gasteiger charge is 2.20. The van der Waals surface area contributed by atoms with E-state index >= 15 is 0 Å². The smallest absolute Gasteiger partial charge is 0.257 e. The molecule has 0 spiro atoms. The number of nitrogens with two attached hydrogens (primary N) is 1. The van der Waals surface area contributed by atoms with Crippen molar-refractivity contribution in [2.24, 2.45) is 5.73 Å². The fraction of sp³-hybridized carbons (Fsp3) is 0.556. The van der Waals surface area contributed by atoms with E-state index in [1.54, 1.807) is 24.3 Å². The Kier molecular flexibility index (Phi) is 7.06. The van der Waals surface area contributed by atoms with Gasteiger partial charge in [0.15, 0.2) is 6.61 Å². The first-order chi connectivity index (χ1) is 11.6. The lowest BCUT2D eigenvalue weighted by atomic mass is 10.1. The number of nitrogens with zero attached hydrogens (tertiary/aromatic N) is 1. The molecule has 6 nitrogen and oxygen atoms in total. The number of hydrogen-bond acceptors (Lipinski definition) is 4. The zero-order chi connectivity index (χ0) is 17.4. The monoisotopic (exact) mass is 333 g/mol. The van der Waals surface area contributed by atoms with E-state index in [1.807, 2.05) is 0 Å². The molecule has 24 heavy (non-hydrogen) atoms. The molecule has 1 aliphatic heterocycles. The maximum atomic E-state index is 11.9. The summed E-state index contributed by atoms with van der Waals surface area (Å²) in [4.78, 5) is 25.2. The van der Waals surface area contributed by atoms with Crippen LogP contribution in [0.25, 0.3) is 0 Å². The van der Waals surface area contributed by atoms with Gasteiger partial charge in [-0.05, 0) is 50.0 Å². The number of rotatable bonds is 9. The molecule has 0 aromatic heterocycles. The van der Waals surface area contributed by atoms with Crippen LogP contribution < -0.4 is 15.8 Å². The van der Waals surface area contributed by atoms with Gasteiger partial charge in [-0.3, -0.25) is 14.5 Å². The van der Waals surface area contributed by atoms with Crippen LogP contribution in [0.3, 0.4) is 0 Å². The van der Waals surface area contributed by atoms with Crippen LogP contribution in [0.5, 0.6) is 5.75 Å². The summed E-state index contributed by atoms with van der Waals surface area (Å²) in [5.74, 6) is 0.116. The lowest BCUT2D eigenvalue weighted by molar-refractivity contribution is -0.123. The second-order valence-corrected chi connectivity index (χ2v) is 6.18. The molecule has 1 atom stereocenters. The quantitative estimate of drug-likeness (QED) is 0.708. The Morgan fingerprint density at radius 1 is 1.25 bits per heavy atom. The molecule has 2 amide bonds. The summed E-state index contributed by atoms with van der Waals surface area (Å²) in [6, 6.07) is 7.44. The van der Waals surface area contributed by atoms with Crippen molar-refractivity contribution in [3.63, 3.8) is 0 Å². The summed E-state index contributed by atoms with van der Waals surface area (Å²) in [5, 5.41) is 2.95. The molecule has 2 rings (SSSR count). The van der Waals surface area contributed by atoms with Crippen LogP contribution in [0.15, 0.2) is 24.3 Å². The van der Waals surface area contributed by atoms with Crippen molar-refractivity contribution in [2.45, 2.75) is 38.6 Å². The van der Waals surface area contributed by atoms with Crippen LogP contribution in [-0.4, -0.2) is 49.0 Å². The molecule has 132 valence electrons. The molecular formula is C18H27N3O3. The van der Waals surface area contributed by atoms with E-state index in [1.165, 1.54) is 12.8 Å². The van der Waals surface area contributed by atoms with Crippen molar-refractivity contribution in [2.75, 3.05) is 26.2 Å². The lowest BCUT2D eigenvalue weighted by Gasteiger charge is -2.26. The third kappa shape index (κ3) is 5.85. The van der Waals surface area contributed by atoms with Gasteiger partial charge < -0.3 is 15.8 Å². The van der Waals surface area contributed by atoms with E-state index in [2.05, 4.69) is 17.1 Å². The fourth-order valence-corrected chi connectivity index (χ4v) is 2.97. The van der Waals surface area contributed by atoms with E-state index in [4.69, 9.17) is 10.5 Å². The van der Waals surface area contributed by atoms with E-state index in [9.17, 15) is 9.59 Å². The summed E-state index contributed by atoms with van der Waals surface area (Å²) in [7, 11) is 0. The Balaban J connectivity index is 1.71. The molecule has 0 aliphatic carbocycles. The second-order valence-electron chi connectivity index (χ2n) is 6.18. The third-order valence-corrected chi connectivity index (χ3v) is 4.33. The van der Waals surface area contributed by atoms with Crippen molar-refractivity contribution in [3.05, 3.63) is 29.8 Å². The number of benzene rings is 1. The third-order valence-electron chi connectivity index (χ3n) is 4.33. The Morgan fingerprint density at radius 3 is 2.50 bits per heavy atom. The van der Waals surface area contributed by atoms with Crippen molar-refractivity contribution in [1.29, 1.82) is 0 Å². The number of nitrogens with one attached hydrogen (secondary N) is 1. The van der Waals surface area contributed by atoms with E-state index in [-0.39, 0.29) is 24.8 Å². The van der Waals surface area contributed by atoms with E-state index in [0.717, 1.165) is 25.1 Å². The van der Waals surface area contributed by atoms with Crippen molar-refractivity contribution < 1.29 is 14.3 Å². The van der Waals surface area contributed by atoms with Gasteiger partial charge in [0, 0.05) is 12.6 Å². The summed E-state index contributed by atoms with van der Waals surface area (Å²) >= 11 is 0. The number of likely N-dealkylation sites (tertiary alicyclic amines) is 1. The number of hydrogen-bond donors (Lipinski definition) is 2. The molecular weight excluding hydrogens is 306 g/mol. The number of amides is 2. The lowest BCUT2D eigenvalue weighted by Crippen LogP contribution is -2.43. The summed E-state index contributed by atoms with van der Waals surface area (Å²) in [6.45, 7) is 5.06. The van der Waals surface area contributed by atoms with Gasteiger partial charge in [-0.15, -0.1) is 0 Å². The molecule has 6 heteroatoms. The average Bonchev–Trinajstić information content (AvgIpc) is 3.09. The molecule has 1 aliphatic rings. The van der Waals surface area contributed by atoms with Crippen molar-refractivity contribution in [3.8, 4) is 5.75 Å². The van der Waals surface area contributed by atoms with Crippen molar-refractivity contribution in [1.82, 2.24) is 10.2 Å². The molecule has 1 aromatic rings. The topological polar surface area (TPSA) is 84.7 Å². The first-order valence-corrected chi connectivity index (χ1v) is 8.59. The Hall–Kier alpha value is -2.08. The summed E-state index contributed by atoms with van der Waals surface area (Å²) in [5.41, 5.74) is 5.98. The van der Waals surface area contributed by atoms with Crippen LogP contribution in [0.2, 0.25) is 0 Å². The standard InChI is InChI=1S/C18H27N3O3/c1-2-15(21-9-3-4-10-21)12-20-18(23)13-24-16-7-5-14(6-8-16)11-17(19)22/h5-8,15H,2-4,9-13H2,1H3,(H2,19,22)(H,20,23). The Bertz CT molecular complexity index is 539. The SMILES string of the molecule is CCC(CNC(=O)COc1ccc(CC(N)=O)cc1)N1CCCC1. The van der Waals surface area contributed by atoms with Gasteiger partial charge >= 0.3 is 0 Å². The molecule has 1 aromatic carbocycles. The van der Waals surface area contributed by atoms with Crippen LogP contribution in [0.4, 0.5) is 0 Å². The minimum atomic E-state index is -0.369. The van der Waals surface area contributed by atoms with E-state index in [0.29, 0.717) is 18.3 Å². The Labute approximate surface area is 143 Å². The highest BCUT2D eigenvalue weighted by atomic mass is 16.5. The zero-order valence-electron chi connectivity index (χ0n) is 14.3. The summed E-state index contributed by atoms with van der Waals surface area (Å²) < 4.78 is 5.48. The molecule has 0 radical (unpaired) electrons. The zero-order valence-corrected chi connectivity index (χ0v) is 14.3. The highest BCUT2D eigenvalue weighted by molar-refractivity contribution is 5.77. The predicted octanol–water partition coefficient (Wildman–Crippen LogP) is 1.08. The fourth-order valence-electron chi connectivity index (χ4n) is 2.97. The van der Waals surface area contributed by atoms with Crippen LogP contribution in [-0.2, 0) is 16.0 Å². The number of carbonyl (C=O) groups excluding carboxylic acids is 2. The maximum absolute atomic E-state index is 11.9. The van der Waals surface area contributed by atoms with Crippen LogP contribution in [0.1, 0.15) is 31.7 Å². The number of primary amides is 1. The van der Waals surface area contributed by atoms with Crippen LogP contribution in [0, 0.1) is 0 Å². The van der Waals surface area contributed by atoms with Gasteiger partial charge in [-0.2, -0.15) is 0 Å². The first kappa shape index (κ1) is 18.3. The largest absolute Gasteiger partial charge is 0.484 e. The van der Waals surface area contributed by atoms with Gasteiger partial charge in [0.05, 0.1) is 6.42 Å². The predicted molar refractivity (Wildman–Crippen MR) is 92.7 cm³/mol. The average molecular weight is 333 g/mol. The second kappa shape index (κ2) is 9.27.